The van der Waals surface area contributed by atoms with Crippen LogP contribution < -0.4 is 0 Å². The normalized spacial score (nSPS) is 10.3. The Morgan fingerprint density at radius 3 is 0.800 bits per heavy atom. The van der Waals surface area contributed by atoms with Gasteiger partial charge in [-0.05, 0) is 12.8 Å². The summed E-state index contributed by atoms with van der Waals surface area (Å²) >= 11 is 0. The van der Waals surface area contributed by atoms with Crippen molar-refractivity contribution >= 4 is 0 Å². The van der Waals surface area contributed by atoms with Crippen LogP contribution in [0.2, 0.25) is 0 Å². The van der Waals surface area contributed by atoms with Crippen LogP contribution in [-0.4, -0.2) is 18.7 Å². The first kappa shape index (κ1) is 34.3. The summed E-state index contributed by atoms with van der Waals surface area (Å²) in [5.41, 5.74) is 0. The molecular weight excluding hydrogens is 368 g/mol. The smallest absolute Gasteiger partial charge is 0.0466 e. The summed E-state index contributed by atoms with van der Waals surface area (Å²) in [6, 6.07) is 0. The average Bonchev–Trinajstić information content (AvgIpc) is 2.75. The lowest BCUT2D eigenvalue weighted by Gasteiger charge is -2.05. The zero-order valence-corrected chi connectivity index (χ0v) is 21.3. The molecule has 0 bridgehead atoms. The first-order chi connectivity index (χ1) is 14.4. The Morgan fingerprint density at radius 2 is 0.567 bits per heavy atom. The molecule has 0 aromatic rings. The number of hydrogen-bond donors (Lipinski definition) is 0. The Morgan fingerprint density at radius 1 is 0.367 bits per heavy atom. The lowest BCUT2D eigenvalue weighted by Crippen LogP contribution is -1.97. The van der Waals surface area contributed by atoms with Crippen LogP contribution in [0.3, 0.4) is 0 Å². The van der Waals surface area contributed by atoms with Gasteiger partial charge in [-0.2, -0.15) is 0 Å². The molecule has 0 aromatic heterocycles. The zero-order valence-electron chi connectivity index (χ0n) is 21.3. The highest BCUT2D eigenvalue weighted by Crippen LogP contribution is 2.12. The fourth-order valence-electron chi connectivity index (χ4n) is 3.84. The second-order valence-electron chi connectivity index (χ2n) is 8.68. The van der Waals surface area contributed by atoms with Gasteiger partial charge >= 0.3 is 0 Å². The second-order valence-corrected chi connectivity index (χ2v) is 8.68. The van der Waals surface area contributed by atoms with Crippen LogP contribution in [0, 0.1) is 0 Å². The van der Waals surface area contributed by atoms with E-state index in [0.29, 0.717) is 0 Å². The van der Waals surface area contributed by atoms with Crippen molar-refractivity contribution in [2.24, 2.45) is 0 Å². The predicted molar refractivity (Wildman–Crippen MR) is 139 cm³/mol. The Labute approximate surface area is 192 Å². The molecule has 2 nitrogen and oxygen atoms in total. The number of hydrogen-bond acceptors (Lipinski definition) is 1. The van der Waals surface area contributed by atoms with Crippen molar-refractivity contribution in [2.75, 3.05) is 13.2 Å². The molecule has 0 aliphatic rings. The van der Waals surface area contributed by atoms with E-state index in [-0.39, 0.29) is 5.48 Å². The van der Waals surface area contributed by atoms with Gasteiger partial charge in [0.1, 0.15) is 0 Å². The highest BCUT2D eigenvalue weighted by molar-refractivity contribution is 4.49. The van der Waals surface area contributed by atoms with Crippen LogP contribution in [0.5, 0.6) is 0 Å². The maximum Gasteiger partial charge on any atom is 0.0466 e. The molecule has 2 heteroatoms. The first-order valence-corrected chi connectivity index (χ1v) is 13.5. The van der Waals surface area contributed by atoms with E-state index >= 15 is 0 Å². The molecule has 0 rings (SSSR count). The van der Waals surface area contributed by atoms with Crippen molar-refractivity contribution in [1.29, 1.82) is 0 Å². The van der Waals surface area contributed by atoms with E-state index < -0.39 is 0 Å². The molecule has 2 N–H and O–H groups in total. The molecule has 0 heterocycles. The van der Waals surface area contributed by atoms with Gasteiger partial charge in [-0.3, -0.25) is 0 Å². The summed E-state index contributed by atoms with van der Waals surface area (Å²) in [5.74, 6) is 0. The number of rotatable bonds is 24. The minimum Gasteiger partial charge on any atom is -0.412 e. The largest absolute Gasteiger partial charge is 0.412 e. The third-order valence-corrected chi connectivity index (χ3v) is 5.78. The topological polar surface area (TPSA) is 40.7 Å². The minimum absolute atomic E-state index is 0. The van der Waals surface area contributed by atoms with E-state index in [4.69, 9.17) is 4.74 Å². The molecule has 0 unspecified atom stereocenters. The summed E-state index contributed by atoms with van der Waals surface area (Å²) in [7, 11) is 0. The Kier molecular flexibility index (Phi) is 41.2. The third kappa shape index (κ3) is 35.1. The highest BCUT2D eigenvalue weighted by atomic mass is 16.5. The fourth-order valence-corrected chi connectivity index (χ4v) is 3.84. The van der Waals surface area contributed by atoms with E-state index in [2.05, 4.69) is 27.0 Å². The number of ether oxygens (including phenoxy) is 1. The van der Waals surface area contributed by atoms with E-state index in [1.165, 1.54) is 141 Å². The maximum atomic E-state index is 5.80. The summed E-state index contributed by atoms with van der Waals surface area (Å²) in [6.07, 6.45) is 31.1. The minimum atomic E-state index is 0. The first-order valence-electron chi connectivity index (χ1n) is 13.5. The third-order valence-electron chi connectivity index (χ3n) is 5.78. The molecule has 0 aromatic carbocycles. The maximum absolute atomic E-state index is 5.80. The van der Waals surface area contributed by atoms with E-state index in [1.54, 1.807) is 0 Å². The van der Waals surface area contributed by atoms with Crippen LogP contribution in [0.25, 0.3) is 0 Å². The van der Waals surface area contributed by atoms with Crippen LogP contribution >= 0.6 is 0 Å². The summed E-state index contributed by atoms with van der Waals surface area (Å²) in [5, 5.41) is 0. The lowest BCUT2D eigenvalue weighted by atomic mass is 10.1. The Hall–Kier alpha value is -0.340. The van der Waals surface area contributed by atoms with Gasteiger partial charge in [0.25, 0.3) is 0 Å². The van der Waals surface area contributed by atoms with E-state index in [1.807, 2.05) is 0 Å². The van der Waals surface area contributed by atoms with E-state index in [0.717, 1.165) is 13.2 Å². The monoisotopic (exact) mass is 428 g/mol. The summed E-state index contributed by atoms with van der Waals surface area (Å²) in [4.78, 5) is 0. The Balaban J connectivity index is -0.00000235. The van der Waals surface area contributed by atoms with Gasteiger partial charge in [0.15, 0.2) is 0 Å². The standard InChI is InChI=1S/C26H54O.C2H4.H2O/c1-3-5-7-9-11-13-15-17-19-21-23-25-27-26-24-22-20-18-16-14-12-10-8-6-4-2;1-2;/h3-26H2,1-2H3;1-2H2;1H2. The molecule has 0 saturated carbocycles. The van der Waals surface area contributed by atoms with Gasteiger partial charge in [-0.25, -0.2) is 0 Å². The molecular formula is C28H60O2. The molecule has 30 heavy (non-hydrogen) atoms. The molecule has 0 atom stereocenters. The Bertz CT molecular complexity index is 231. The molecule has 0 spiro atoms. The quantitative estimate of drug-likeness (QED) is 0.111. The van der Waals surface area contributed by atoms with E-state index in [9.17, 15) is 0 Å². The molecule has 184 valence electrons. The second kappa shape index (κ2) is 36.1. The van der Waals surface area contributed by atoms with Gasteiger partial charge < -0.3 is 10.2 Å². The highest BCUT2D eigenvalue weighted by Gasteiger charge is 1.95. The van der Waals surface area contributed by atoms with Gasteiger partial charge in [-0.15, -0.1) is 13.2 Å². The lowest BCUT2D eigenvalue weighted by molar-refractivity contribution is 0.125. The van der Waals surface area contributed by atoms with Crippen molar-refractivity contribution in [3.05, 3.63) is 13.2 Å². The van der Waals surface area contributed by atoms with Crippen molar-refractivity contribution in [2.45, 2.75) is 155 Å². The molecule has 0 aliphatic carbocycles. The molecule has 0 amide bonds. The van der Waals surface area contributed by atoms with Crippen molar-refractivity contribution in [3.63, 3.8) is 0 Å². The zero-order chi connectivity index (χ0) is 21.7. The van der Waals surface area contributed by atoms with Crippen molar-refractivity contribution < 1.29 is 10.2 Å². The van der Waals surface area contributed by atoms with Gasteiger partial charge in [0.2, 0.25) is 0 Å². The van der Waals surface area contributed by atoms with Crippen LogP contribution in [0.15, 0.2) is 13.2 Å². The van der Waals surface area contributed by atoms with Crippen LogP contribution in [0.4, 0.5) is 0 Å². The fraction of sp³-hybridized carbons (Fsp3) is 0.929. The summed E-state index contributed by atoms with van der Waals surface area (Å²) < 4.78 is 5.80. The SMILES string of the molecule is C=C.CCCCCCCCCCCCCOCCCCCCCCCCCCC.O. The predicted octanol–water partition coefficient (Wildman–Crippen LogP) is 9.60. The molecule has 0 radical (unpaired) electrons. The van der Waals surface area contributed by atoms with Crippen LogP contribution in [0.1, 0.15) is 155 Å². The van der Waals surface area contributed by atoms with Gasteiger partial charge in [-0.1, -0.05) is 142 Å². The summed E-state index contributed by atoms with van der Waals surface area (Å²) in [6.45, 7) is 12.6. The molecule has 0 saturated heterocycles. The van der Waals surface area contributed by atoms with Gasteiger partial charge in [0.05, 0.1) is 0 Å². The molecule has 0 fully saturated rings. The molecule has 0 aliphatic heterocycles. The van der Waals surface area contributed by atoms with Crippen LogP contribution in [-0.2, 0) is 4.74 Å². The van der Waals surface area contributed by atoms with Gasteiger partial charge in [0, 0.05) is 13.2 Å². The number of unbranched alkanes of at least 4 members (excludes halogenated alkanes) is 20. The van der Waals surface area contributed by atoms with Crippen molar-refractivity contribution in [1.82, 2.24) is 0 Å². The van der Waals surface area contributed by atoms with Crippen molar-refractivity contribution in [3.8, 4) is 0 Å². The average molecular weight is 429 g/mol.